The predicted octanol–water partition coefficient (Wildman–Crippen LogP) is 0.921. The van der Waals surface area contributed by atoms with E-state index in [2.05, 4.69) is 5.32 Å². The fourth-order valence-electron chi connectivity index (χ4n) is 1.79. The highest BCUT2D eigenvalue weighted by Crippen LogP contribution is 2.19. The van der Waals surface area contributed by atoms with Crippen LogP contribution in [0.1, 0.15) is 18.4 Å². The lowest BCUT2D eigenvalue weighted by Gasteiger charge is -2.31. The van der Waals surface area contributed by atoms with Gasteiger partial charge in [-0.25, -0.2) is 0 Å². The molecular formula is C13H16N2O2. The summed E-state index contributed by atoms with van der Waals surface area (Å²) < 4.78 is 0. The van der Waals surface area contributed by atoms with E-state index in [4.69, 9.17) is 10.8 Å². The van der Waals surface area contributed by atoms with E-state index >= 15 is 0 Å². The van der Waals surface area contributed by atoms with Crippen molar-refractivity contribution in [2.75, 3.05) is 5.73 Å². The molecular weight excluding hydrogens is 216 g/mol. The van der Waals surface area contributed by atoms with Crippen molar-refractivity contribution in [2.24, 2.45) is 0 Å². The molecule has 0 spiro atoms. The van der Waals surface area contributed by atoms with Crippen molar-refractivity contribution in [3.8, 4) is 0 Å². The number of nitrogen functional groups attached to an aromatic ring is 1. The van der Waals surface area contributed by atoms with Gasteiger partial charge < -0.3 is 16.2 Å². The van der Waals surface area contributed by atoms with E-state index in [9.17, 15) is 4.79 Å². The fraction of sp³-hybridized carbons (Fsp3) is 0.308. The van der Waals surface area contributed by atoms with E-state index in [-0.39, 0.29) is 18.1 Å². The Morgan fingerprint density at radius 1 is 1.47 bits per heavy atom. The van der Waals surface area contributed by atoms with E-state index in [1.54, 1.807) is 18.2 Å². The Balaban J connectivity index is 1.85. The fourth-order valence-corrected chi connectivity index (χ4v) is 1.79. The predicted molar refractivity (Wildman–Crippen MR) is 67.1 cm³/mol. The lowest BCUT2D eigenvalue weighted by Crippen LogP contribution is -2.46. The van der Waals surface area contributed by atoms with E-state index in [0.29, 0.717) is 18.5 Å². The highest BCUT2D eigenvalue weighted by Gasteiger charge is 2.27. The largest absolute Gasteiger partial charge is 0.399 e. The number of anilines is 1. The summed E-state index contributed by atoms with van der Waals surface area (Å²) in [6, 6.07) is 7.44. The second-order valence-corrected chi connectivity index (χ2v) is 4.33. The van der Waals surface area contributed by atoms with Crippen LogP contribution < -0.4 is 11.1 Å². The van der Waals surface area contributed by atoms with Crippen LogP contribution in [0.3, 0.4) is 0 Å². The molecule has 4 nitrogen and oxygen atoms in total. The van der Waals surface area contributed by atoms with Crippen molar-refractivity contribution in [1.82, 2.24) is 5.32 Å². The summed E-state index contributed by atoms with van der Waals surface area (Å²) in [5.41, 5.74) is 7.20. The smallest absolute Gasteiger partial charge is 0.244 e. The van der Waals surface area contributed by atoms with Gasteiger partial charge >= 0.3 is 0 Å². The number of aliphatic hydroxyl groups is 1. The monoisotopic (exact) mass is 232 g/mol. The number of carbonyl (C=O) groups is 1. The first kappa shape index (κ1) is 11.7. The van der Waals surface area contributed by atoms with Crippen LogP contribution >= 0.6 is 0 Å². The van der Waals surface area contributed by atoms with Crippen LogP contribution in [0.15, 0.2) is 30.3 Å². The van der Waals surface area contributed by atoms with Crippen LogP contribution in [0.25, 0.3) is 6.08 Å². The molecule has 17 heavy (non-hydrogen) atoms. The Morgan fingerprint density at radius 3 is 2.88 bits per heavy atom. The molecule has 2 rings (SSSR count). The summed E-state index contributed by atoms with van der Waals surface area (Å²) in [6.07, 6.45) is 4.26. The Bertz CT molecular complexity index is 437. The van der Waals surface area contributed by atoms with Crippen molar-refractivity contribution in [3.63, 3.8) is 0 Å². The first-order valence-corrected chi connectivity index (χ1v) is 5.65. The maximum atomic E-state index is 11.5. The molecule has 0 bridgehead atoms. The zero-order chi connectivity index (χ0) is 12.3. The molecule has 0 saturated heterocycles. The molecule has 0 aromatic heterocycles. The highest BCUT2D eigenvalue weighted by molar-refractivity contribution is 5.92. The van der Waals surface area contributed by atoms with Crippen molar-refractivity contribution >= 4 is 17.7 Å². The topological polar surface area (TPSA) is 75.4 Å². The molecule has 0 heterocycles. The molecule has 0 unspecified atom stereocenters. The maximum Gasteiger partial charge on any atom is 0.244 e. The second kappa shape index (κ2) is 5.01. The summed E-state index contributed by atoms with van der Waals surface area (Å²) >= 11 is 0. The number of benzene rings is 1. The number of amides is 1. The summed E-state index contributed by atoms with van der Waals surface area (Å²) in [7, 11) is 0. The number of aliphatic hydroxyl groups excluding tert-OH is 1. The van der Waals surface area contributed by atoms with E-state index in [1.165, 1.54) is 6.08 Å². The van der Waals surface area contributed by atoms with Gasteiger partial charge in [-0.05, 0) is 36.6 Å². The lowest BCUT2D eigenvalue weighted by atomic mass is 9.89. The van der Waals surface area contributed by atoms with Gasteiger partial charge in [0.2, 0.25) is 5.91 Å². The van der Waals surface area contributed by atoms with Gasteiger partial charge in [0.25, 0.3) is 0 Å². The SMILES string of the molecule is Nc1cccc(/C=C/C(=O)NC2CC(O)C2)c1. The van der Waals surface area contributed by atoms with Gasteiger partial charge in [0, 0.05) is 17.8 Å². The van der Waals surface area contributed by atoms with Gasteiger partial charge in [0.05, 0.1) is 6.10 Å². The van der Waals surface area contributed by atoms with Crippen LogP contribution in [0.2, 0.25) is 0 Å². The summed E-state index contributed by atoms with van der Waals surface area (Å²) in [5.74, 6) is -0.135. The number of rotatable bonds is 3. The van der Waals surface area contributed by atoms with E-state index < -0.39 is 0 Å². The molecule has 1 aromatic rings. The molecule has 0 atom stereocenters. The third kappa shape index (κ3) is 3.32. The molecule has 1 aromatic carbocycles. The van der Waals surface area contributed by atoms with Gasteiger partial charge in [-0.2, -0.15) is 0 Å². The zero-order valence-electron chi connectivity index (χ0n) is 9.47. The molecule has 4 N–H and O–H groups in total. The Hall–Kier alpha value is -1.81. The van der Waals surface area contributed by atoms with Crippen molar-refractivity contribution in [2.45, 2.75) is 25.0 Å². The van der Waals surface area contributed by atoms with Crippen LogP contribution in [-0.2, 0) is 4.79 Å². The van der Waals surface area contributed by atoms with E-state index in [0.717, 1.165) is 5.56 Å². The minimum atomic E-state index is -0.252. The Kier molecular flexibility index (Phi) is 3.44. The van der Waals surface area contributed by atoms with Crippen LogP contribution in [0.4, 0.5) is 5.69 Å². The normalized spacial score (nSPS) is 23.4. The molecule has 4 heteroatoms. The number of nitrogens with two attached hydrogens (primary N) is 1. The first-order chi connectivity index (χ1) is 8.13. The molecule has 1 aliphatic carbocycles. The summed E-state index contributed by atoms with van der Waals surface area (Å²) in [4.78, 5) is 11.5. The van der Waals surface area contributed by atoms with Gasteiger partial charge in [-0.3, -0.25) is 4.79 Å². The standard InChI is InChI=1S/C13H16N2O2/c14-10-3-1-2-9(6-10)4-5-13(17)15-11-7-12(16)8-11/h1-6,11-12,16H,7-8,14H2,(H,15,17)/b5-4+. The maximum absolute atomic E-state index is 11.5. The second-order valence-electron chi connectivity index (χ2n) is 4.33. The molecule has 1 saturated carbocycles. The molecule has 0 radical (unpaired) electrons. The first-order valence-electron chi connectivity index (χ1n) is 5.65. The molecule has 0 aliphatic heterocycles. The quantitative estimate of drug-likeness (QED) is 0.536. The van der Waals surface area contributed by atoms with Crippen molar-refractivity contribution in [1.29, 1.82) is 0 Å². The van der Waals surface area contributed by atoms with Gasteiger partial charge in [0.1, 0.15) is 0 Å². The average Bonchev–Trinajstić information content (AvgIpc) is 2.24. The van der Waals surface area contributed by atoms with Crippen molar-refractivity contribution < 1.29 is 9.90 Å². The van der Waals surface area contributed by atoms with Gasteiger partial charge in [-0.1, -0.05) is 12.1 Å². The number of carbonyl (C=O) groups excluding carboxylic acids is 1. The highest BCUT2D eigenvalue weighted by atomic mass is 16.3. The van der Waals surface area contributed by atoms with Gasteiger partial charge in [-0.15, -0.1) is 0 Å². The Morgan fingerprint density at radius 2 is 2.24 bits per heavy atom. The number of hydrogen-bond acceptors (Lipinski definition) is 3. The van der Waals surface area contributed by atoms with E-state index in [1.807, 2.05) is 12.1 Å². The molecule has 1 aliphatic rings. The summed E-state index contributed by atoms with van der Waals surface area (Å²) in [6.45, 7) is 0. The molecule has 1 amide bonds. The minimum absolute atomic E-state index is 0.114. The lowest BCUT2D eigenvalue weighted by molar-refractivity contribution is -0.118. The summed E-state index contributed by atoms with van der Waals surface area (Å²) in [5, 5.41) is 11.9. The molecule has 90 valence electrons. The number of hydrogen-bond donors (Lipinski definition) is 3. The van der Waals surface area contributed by atoms with Crippen LogP contribution in [-0.4, -0.2) is 23.2 Å². The third-order valence-corrected chi connectivity index (χ3v) is 2.80. The van der Waals surface area contributed by atoms with Gasteiger partial charge in [0.15, 0.2) is 0 Å². The average molecular weight is 232 g/mol. The van der Waals surface area contributed by atoms with Crippen LogP contribution in [0, 0.1) is 0 Å². The third-order valence-electron chi connectivity index (χ3n) is 2.80. The zero-order valence-corrected chi connectivity index (χ0v) is 9.47. The van der Waals surface area contributed by atoms with Crippen LogP contribution in [0.5, 0.6) is 0 Å². The number of nitrogens with one attached hydrogen (secondary N) is 1. The van der Waals surface area contributed by atoms with Crippen molar-refractivity contribution in [3.05, 3.63) is 35.9 Å². The minimum Gasteiger partial charge on any atom is -0.399 e. The molecule has 1 fully saturated rings. The Labute approximate surface area is 100 Å².